The first-order valence-electron chi connectivity index (χ1n) is 8.55. The van der Waals surface area contributed by atoms with Crippen molar-refractivity contribution in [3.05, 3.63) is 66.0 Å². The van der Waals surface area contributed by atoms with Crippen LogP contribution in [0.5, 0.6) is 0 Å². The van der Waals surface area contributed by atoms with E-state index in [1.165, 1.54) is 5.56 Å². The van der Waals surface area contributed by atoms with Crippen molar-refractivity contribution in [3.8, 4) is 0 Å². The maximum atomic E-state index is 11.9. The highest BCUT2D eigenvalue weighted by molar-refractivity contribution is 5.81. The van der Waals surface area contributed by atoms with Crippen LogP contribution < -0.4 is 11.1 Å². The molecule has 1 amide bonds. The lowest BCUT2D eigenvalue weighted by atomic mass is 10.0. The van der Waals surface area contributed by atoms with Crippen molar-refractivity contribution in [1.29, 1.82) is 0 Å². The van der Waals surface area contributed by atoms with Crippen molar-refractivity contribution in [2.45, 2.75) is 33.0 Å². The van der Waals surface area contributed by atoms with E-state index in [9.17, 15) is 4.79 Å². The minimum atomic E-state index is -0.464. The molecule has 130 valence electrons. The second kappa shape index (κ2) is 7.49. The van der Waals surface area contributed by atoms with E-state index >= 15 is 0 Å². The number of imidazole rings is 1. The molecule has 3 rings (SSSR count). The van der Waals surface area contributed by atoms with Gasteiger partial charge in [-0.3, -0.25) is 4.79 Å². The molecule has 0 aliphatic heterocycles. The summed E-state index contributed by atoms with van der Waals surface area (Å²) >= 11 is 0. The molecule has 0 unspecified atom stereocenters. The number of nitrogens with two attached hydrogens (primary N) is 1. The molecule has 0 aliphatic rings. The van der Waals surface area contributed by atoms with E-state index < -0.39 is 6.04 Å². The predicted molar refractivity (Wildman–Crippen MR) is 99.9 cm³/mol. The molecule has 0 saturated heterocycles. The van der Waals surface area contributed by atoms with Gasteiger partial charge in [-0.25, -0.2) is 4.98 Å². The first-order valence-corrected chi connectivity index (χ1v) is 8.55. The normalized spacial score (nSPS) is 12.5. The topological polar surface area (TPSA) is 72.9 Å². The Hall–Kier alpha value is -2.66. The van der Waals surface area contributed by atoms with Gasteiger partial charge >= 0.3 is 0 Å². The molecule has 1 aromatic heterocycles. The number of amides is 1. The van der Waals surface area contributed by atoms with Crippen LogP contribution in [-0.2, 0) is 17.9 Å². The van der Waals surface area contributed by atoms with E-state index in [0.717, 1.165) is 23.1 Å². The van der Waals surface area contributed by atoms with Gasteiger partial charge in [0, 0.05) is 13.1 Å². The number of benzene rings is 2. The van der Waals surface area contributed by atoms with Crippen molar-refractivity contribution < 1.29 is 4.79 Å². The molecule has 0 fully saturated rings. The molecule has 25 heavy (non-hydrogen) atoms. The summed E-state index contributed by atoms with van der Waals surface area (Å²) in [5, 5.41) is 2.89. The highest BCUT2D eigenvalue weighted by Gasteiger charge is 2.16. The Labute approximate surface area is 147 Å². The Morgan fingerprint density at radius 3 is 2.52 bits per heavy atom. The van der Waals surface area contributed by atoms with Crippen LogP contribution in [0.15, 0.2) is 54.9 Å². The van der Waals surface area contributed by atoms with Gasteiger partial charge in [-0.2, -0.15) is 0 Å². The maximum absolute atomic E-state index is 11.9. The Morgan fingerprint density at radius 2 is 1.80 bits per heavy atom. The highest BCUT2D eigenvalue weighted by Crippen LogP contribution is 2.14. The Bertz CT molecular complexity index is 852. The van der Waals surface area contributed by atoms with Gasteiger partial charge in [0.15, 0.2) is 0 Å². The second-order valence-electron chi connectivity index (χ2n) is 6.67. The quantitative estimate of drug-likeness (QED) is 0.727. The van der Waals surface area contributed by atoms with Crippen LogP contribution in [0.4, 0.5) is 0 Å². The number of nitrogens with one attached hydrogen (secondary N) is 1. The second-order valence-corrected chi connectivity index (χ2v) is 6.67. The van der Waals surface area contributed by atoms with Crippen LogP contribution in [0, 0.1) is 5.92 Å². The number of para-hydroxylation sites is 2. The van der Waals surface area contributed by atoms with Crippen molar-refractivity contribution in [3.63, 3.8) is 0 Å². The van der Waals surface area contributed by atoms with E-state index in [0.29, 0.717) is 6.54 Å². The third-order valence-corrected chi connectivity index (χ3v) is 4.39. The minimum Gasteiger partial charge on any atom is -0.351 e. The number of hydrogen-bond donors (Lipinski definition) is 2. The lowest BCUT2D eigenvalue weighted by Gasteiger charge is -2.15. The van der Waals surface area contributed by atoms with Crippen LogP contribution >= 0.6 is 0 Å². The number of hydrogen-bond acceptors (Lipinski definition) is 3. The molecular formula is C20H24N4O. The monoisotopic (exact) mass is 336 g/mol. The molecule has 3 N–H and O–H groups in total. The largest absolute Gasteiger partial charge is 0.351 e. The van der Waals surface area contributed by atoms with Gasteiger partial charge in [-0.1, -0.05) is 50.2 Å². The number of carbonyl (C=O) groups excluding carboxylic acids is 1. The zero-order valence-corrected chi connectivity index (χ0v) is 14.6. The average Bonchev–Trinajstić information content (AvgIpc) is 3.03. The van der Waals surface area contributed by atoms with Crippen molar-refractivity contribution in [2.24, 2.45) is 11.7 Å². The minimum absolute atomic E-state index is 0.107. The van der Waals surface area contributed by atoms with Gasteiger partial charge in [0.25, 0.3) is 0 Å². The van der Waals surface area contributed by atoms with E-state index in [4.69, 9.17) is 5.73 Å². The molecule has 5 heteroatoms. The number of rotatable bonds is 6. The van der Waals surface area contributed by atoms with Crippen molar-refractivity contribution >= 4 is 16.9 Å². The van der Waals surface area contributed by atoms with E-state index in [2.05, 4.69) is 33.1 Å². The van der Waals surface area contributed by atoms with Crippen molar-refractivity contribution in [2.75, 3.05) is 0 Å². The molecule has 1 atom stereocenters. The summed E-state index contributed by atoms with van der Waals surface area (Å²) in [7, 11) is 0. The highest BCUT2D eigenvalue weighted by atomic mass is 16.2. The van der Waals surface area contributed by atoms with Gasteiger partial charge in [-0.05, 0) is 29.2 Å². The summed E-state index contributed by atoms with van der Waals surface area (Å²) < 4.78 is 2.13. The summed E-state index contributed by atoms with van der Waals surface area (Å²) in [5.74, 6) is 0.0244. The van der Waals surface area contributed by atoms with Gasteiger partial charge in [0.2, 0.25) is 5.91 Å². The molecule has 0 saturated carbocycles. The van der Waals surface area contributed by atoms with Crippen molar-refractivity contribution in [1.82, 2.24) is 14.9 Å². The van der Waals surface area contributed by atoms with Crippen LogP contribution in [0.3, 0.4) is 0 Å². The van der Waals surface area contributed by atoms with Crippen LogP contribution in [0.1, 0.15) is 25.0 Å². The molecule has 3 aromatic rings. The van der Waals surface area contributed by atoms with E-state index in [1.54, 1.807) is 0 Å². The summed E-state index contributed by atoms with van der Waals surface area (Å²) in [5.41, 5.74) is 10.2. The lowest BCUT2D eigenvalue weighted by molar-refractivity contribution is -0.123. The van der Waals surface area contributed by atoms with Crippen LogP contribution in [0.2, 0.25) is 0 Å². The summed E-state index contributed by atoms with van der Waals surface area (Å²) in [6, 6.07) is 15.9. The third kappa shape index (κ3) is 4.06. The number of nitrogens with zero attached hydrogens (tertiary/aromatic N) is 2. The molecule has 0 radical (unpaired) electrons. The molecule has 0 aliphatic carbocycles. The number of fused-ring (bicyclic) bond motifs is 1. The van der Waals surface area contributed by atoms with Crippen LogP contribution in [-0.4, -0.2) is 21.5 Å². The standard InChI is InChI=1S/C20H24N4O/c1-14(2)19(21)20(25)22-11-15-7-9-16(10-8-15)12-24-13-23-17-5-3-4-6-18(17)24/h3-10,13-14,19H,11-12,21H2,1-2H3,(H,22,25)/t19-/m0/s1. The molecule has 0 spiro atoms. The SMILES string of the molecule is CC(C)[C@H](N)C(=O)NCc1ccc(Cn2cnc3ccccc32)cc1. The first-order chi connectivity index (χ1) is 12.0. The summed E-state index contributed by atoms with van der Waals surface area (Å²) in [6.07, 6.45) is 1.87. The molecule has 1 heterocycles. The fourth-order valence-electron chi connectivity index (χ4n) is 2.71. The van der Waals surface area contributed by atoms with Crippen LogP contribution in [0.25, 0.3) is 11.0 Å². The summed E-state index contributed by atoms with van der Waals surface area (Å²) in [4.78, 5) is 16.3. The molecular weight excluding hydrogens is 312 g/mol. The number of carbonyl (C=O) groups is 1. The first kappa shape index (κ1) is 17.2. The molecule has 5 nitrogen and oxygen atoms in total. The van der Waals surface area contributed by atoms with E-state index in [1.807, 2.05) is 50.5 Å². The fraction of sp³-hybridized carbons (Fsp3) is 0.300. The van der Waals surface area contributed by atoms with E-state index in [-0.39, 0.29) is 11.8 Å². The van der Waals surface area contributed by atoms with Gasteiger partial charge in [0.1, 0.15) is 0 Å². The predicted octanol–water partition coefficient (Wildman–Crippen LogP) is 2.68. The van der Waals surface area contributed by atoms with Gasteiger partial charge < -0.3 is 15.6 Å². The third-order valence-electron chi connectivity index (χ3n) is 4.39. The zero-order chi connectivity index (χ0) is 17.8. The molecule has 2 aromatic carbocycles. The molecule has 0 bridgehead atoms. The van der Waals surface area contributed by atoms with Gasteiger partial charge in [0.05, 0.1) is 23.4 Å². The Balaban J connectivity index is 1.62. The average molecular weight is 336 g/mol. The Kier molecular flexibility index (Phi) is 5.14. The number of aromatic nitrogens is 2. The lowest BCUT2D eigenvalue weighted by Crippen LogP contribution is -2.43. The van der Waals surface area contributed by atoms with Gasteiger partial charge in [-0.15, -0.1) is 0 Å². The smallest absolute Gasteiger partial charge is 0.237 e. The summed E-state index contributed by atoms with van der Waals surface area (Å²) in [6.45, 7) is 5.15. The maximum Gasteiger partial charge on any atom is 0.237 e. The zero-order valence-electron chi connectivity index (χ0n) is 14.6. The Morgan fingerprint density at radius 1 is 1.12 bits per heavy atom. The fourth-order valence-corrected chi connectivity index (χ4v) is 2.71.